The molecule has 0 heterocycles. The lowest BCUT2D eigenvalue weighted by atomic mass is 10.0. The van der Waals surface area contributed by atoms with Crippen LogP contribution in [0.1, 0.15) is 21.5 Å². The highest BCUT2D eigenvalue weighted by Gasteiger charge is 2.12. The number of amides is 1. The number of carbonyl (C=O) groups is 1. The van der Waals surface area contributed by atoms with Crippen molar-refractivity contribution in [1.82, 2.24) is 5.43 Å². The Balaban J connectivity index is 1.90. The summed E-state index contributed by atoms with van der Waals surface area (Å²) >= 11 is 0. The molecule has 0 bridgehead atoms. The van der Waals surface area contributed by atoms with Gasteiger partial charge in [0.05, 0.1) is 19.9 Å². The normalized spacial score (nSPS) is 10.0. The molecule has 0 saturated carbocycles. The van der Waals surface area contributed by atoms with Crippen LogP contribution in [0, 0.1) is 0 Å². The zero-order valence-electron chi connectivity index (χ0n) is 15.2. The van der Waals surface area contributed by atoms with E-state index in [1.54, 1.807) is 25.3 Å². The van der Waals surface area contributed by atoms with Crippen LogP contribution in [0.15, 0.2) is 84.0 Å². The second-order valence-corrected chi connectivity index (χ2v) is 5.70. The lowest BCUT2D eigenvalue weighted by Gasteiger charge is -2.10. The van der Waals surface area contributed by atoms with E-state index in [4.69, 9.17) is 9.47 Å². The number of hydrazone groups is 1. The maximum absolute atomic E-state index is 12.6. The van der Waals surface area contributed by atoms with Gasteiger partial charge in [0.15, 0.2) is 11.5 Å². The Hall–Kier alpha value is -3.60. The standard InChI is InChI=1S/C22H20N2O3/c1-26-19-14-13-18(15-20(19)27-2)22(25)24-23-21(16-9-5-3-6-10-16)17-11-7-4-8-12-17/h3-15H,1-2H3,(H,24,25). The molecule has 3 aromatic rings. The van der Waals surface area contributed by atoms with Gasteiger partial charge in [0.25, 0.3) is 5.91 Å². The minimum atomic E-state index is -0.333. The maximum Gasteiger partial charge on any atom is 0.271 e. The second kappa shape index (κ2) is 8.67. The number of carbonyl (C=O) groups excluding carboxylic acids is 1. The molecule has 5 heteroatoms. The molecule has 27 heavy (non-hydrogen) atoms. The number of methoxy groups -OCH3 is 2. The van der Waals surface area contributed by atoms with Gasteiger partial charge in [-0.25, -0.2) is 5.43 Å². The van der Waals surface area contributed by atoms with Crippen molar-refractivity contribution in [1.29, 1.82) is 0 Å². The molecule has 0 saturated heterocycles. The van der Waals surface area contributed by atoms with Gasteiger partial charge in [-0.15, -0.1) is 0 Å². The quantitative estimate of drug-likeness (QED) is 0.536. The summed E-state index contributed by atoms with van der Waals surface area (Å²) in [5.74, 6) is 0.715. The fourth-order valence-corrected chi connectivity index (χ4v) is 2.64. The van der Waals surface area contributed by atoms with E-state index >= 15 is 0 Å². The summed E-state index contributed by atoms with van der Waals surface area (Å²) in [6, 6.07) is 24.4. The van der Waals surface area contributed by atoms with E-state index in [-0.39, 0.29) is 5.91 Å². The third-order valence-electron chi connectivity index (χ3n) is 4.01. The molecule has 3 rings (SSSR count). The largest absolute Gasteiger partial charge is 0.493 e. The number of nitrogens with zero attached hydrogens (tertiary/aromatic N) is 1. The monoisotopic (exact) mass is 360 g/mol. The summed E-state index contributed by atoms with van der Waals surface area (Å²) in [7, 11) is 3.08. The molecule has 0 aliphatic rings. The van der Waals surface area contributed by atoms with Crippen molar-refractivity contribution < 1.29 is 14.3 Å². The Morgan fingerprint density at radius 2 is 1.30 bits per heavy atom. The third-order valence-corrected chi connectivity index (χ3v) is 4.01. The van der Waals surface area contributed by atoms with E-state index < -0.39 is 0 Å². The van der Waals surface area contributed by atoms with Crippen molar-refractivity contribution in [3.05, 3.63) is 95.6 Å². The highest BCUT2D eigenvalue weighted by atomic mass is 16.5. The van der Waals surface area contributed by atoms with E-state index in [9.17, 15) is 4.79 Å². The first-order chi connectivity index (χ1) is 13.2. The molecule has 0 atom stereocenters. The van der Waals surface area contributed by atoms with Crippen LogP contribution in [-0.2, 0) is 0 Å². The van der Waals surface area contributed by atoms with Crippen LogP contribution >= 0.6 is 0 Å². The van der Waals surface area contributed by atoms with Gasteiger partial charge in [-0.1, -0.05) is 60.7 Å². The topological polar surface area (TPSA) is 59.9 Å². The fourth-order valence-electron chi connectivity index (χ4n) is 2.64. The van der Waals surface area contributed by atoms with Crippen LogP contribution in [0.5, 0.6) is 11.5 Å². The smallest absolute Gasteiger partial charge is 0.271 e. The van der Waals surface area contributed by atoms with Crippen LogP contribution < -0.4 is 14.9 Å². The van der Waals surface area contributed by atoms with Crippen molar-refractivity contribution in [2.45, 2.75) is 0 Å². The first kappa shape index (κ1) is 18.2. The number of rotatable bonds is 6. The van der Waals surface area contributed by atoms with Crippen molar-refractivity contribution >= 4 is 11.6 Å². The predicted molar refractivity (Wildman–Crippen MR) is 106 cm³/mol. The molecular formula is C22H20N2O3. The molecule has 0 radical (unpaired) electrons. The molecule has 0 unspecified atom stereocenters. The molecule has 1 amide bonds. The van der Waals surface area contributed by atoms with Crippen molar-refractivity contribution in [3.8, 4) is 11.5 Å². The fraction of sp³-hybridized carbons (Fsp3) is 0.0909. The van der Waals surface area contributed by atoms with E-state index in [0.29, 0.717) is 22.8 Å². The zero-order chi connectivity index (χ0) is 19.1. The van der Waals surface area contributed by atoms with Crippen molar-refractivity contribution in [2.75, 3.05) is 14.2 Å². The Bertz CT molecular complexity index is 897. The van der Waals surface area contributed by atoms with Gasteiger partial charge in [-0.2, -0.15) is 5.10 Å². The SMILES string of the molecule is COc1ccc(C(=O)NN=C(c2ccccc2)c2ccccc2)cc1OC. The Kier molecular flexibility index (Phi) is 5.84. The van der Waals surface area contributed by atoms with Crippen LogP contribution in [0.4, 0.5) is 0 Å². The number of hydrogen-bond donors (Lipinski definition) is 1. The highest BCUT2D eigenvalue weighted by Crippen LogP contribution is 2.27. The van der Waals surface area contributed by atoms with Gasteiger partial charge in [0.1, 0.15) is 0 Å². The second-order valence-electron chi connectivity index (χ2n) is 5.70. The summed E-state index contributed by atoms with van der Waals surface area (Å²) in [5, 5.41) is 4.38. The molecule has 0 aliphatic heterocycles. The first-order valence-electron chi connectivity index (χ1n) is 8.44. The van der Waals surface area contributed by atoms with Crippen LogP contribution in [0.3, 0.4) is 0 Å². The molecule has 0 spiro atoms. The van der Waals surface area contributed by atoms with Crippen molar-refractivity contribution in [3.63, 3.8) is 0 Å². The summed E-state index contributed by atoms with van der Waals surface area (Å²) in [4.78, 5) is 12.6. The summed E-state index contributed by atoms with van der Waals surface area (Å²) in [6.45, 7) is 0. The molecule has 136 valence electrons. The number of ether oxygens (including phenoxy) is 2. The minimum Gasteiger partial charge on any atom is -0.493 e. The summed E-state index contributed by atoms with van der Waals surface area (Å²) in [5.41, 5.74) is 5.58. The Morgan fingerprint density at radius 3 is 1.81 bits per heavy atom. The van der Waals surface area contributed by atoms with Gasteiger partial charge in [-0.05, 0) is 18.2 Å². The number of benzene rings is 3. The number of hydrogen-bond acceptors (Lipinski definition) is 4. The van der Waals surface area contributed by atoms with E-state index in [1.807, 2.05) is 60.7 Å². The van der Waals surface area contributed by atoms with E-state index in [1.165, 1.54) is 7.11 Å². The minimum absolute atomic E-state index is 0.333. The number of nitrogens with one attached hydrogen (secondary N) is 1. The average molecular weight is 360 g/mol. The molecule has 3 aromatic carbocycles. The van der Waals surface area contributed by atoms with Gasteiger partial charge in [-0.3, -0.25) is 4.79 Å². The third kappa shape index (κ3) is 4.33. The Labute approximate surface area is 158 Å². The highest BCUT2D eigenvalue weighted by molar-refractivity contribution is 6.13. The lowest BCUT2D eigenvalue weighted by Crippen LogP contribution is -2.20. The van der Waals surface area contributed by atoms with Crippen LogP contribution in [0.2, 0.25) is 0 Å². The van der Waals surface area contributed by atoms with Crippen LogP contribution in [-0.4, -0.2) is 25.8 Å². The molecular weight excluding hydrogens is 340 g/mol. The first-order valence-corrected chi connectivity index (χ1v) is 8.44. The summed E-state index contributed by atoms with van der Waals surface area (Å²) < 4.78 is 10.5. The molecule has 5 nitrogen and oxygen atoms in total. The van der Waals surface area contributed by atoms with Gasteiger partial charge >= 0.3 is 0 Å². The van der Waals surface area contributed by atoms with E-state index in [0.717, 1.165) is 11.1 Å². The van der Waals surface area contributed by atoms with Gasteiger partial charge in [0, 0.05) is 16.7 Å². The molecule has 0 fully saturated rings. The van der Waals surface area contributed by atoms with Crippen LogP contribution in [0.25, 0.3) is 0 Å². The maximum atomic E-state index is 12.6. The molecule has 0 aliphatic carbocycles. The molecule has 1 N–H and O–H groups in total. The lowest BCUT2D eigenvalue weighted by molar-refractivity contribution is 0.0954. The molecule has 0 aromatic heterocycles. The Morgan fingerprint density at radius 1 is 0.741 bits per heavy atom. The average Bonchev–Trinajstić information content (AvgIpc) is 2.74. The van der Waals surface area contributed by atoms with Crippen molar-refractivity contribution in [2.24, 2.45) is 5.10 Å². The zero-order valence-corrected chi connectivity index (χ0v) is 15.2. The van der Waals surface area contributed by atoms with E-state index in [2.05, 4.69) is 10.5 Å². The van der Waals surface area contributed by atoms with Gasteiger partial charge in [0.2, 0.25) is 0 Å². The summed E-state index contributed by atoms with van der Waals surface area (Å²) in [6.07, 6.45) is 0. The predicted octanol–water partition coefficient (Wildman–Crippen LogP) is 3.89. The van der Waals surface area contributed by atoms with Gasteiger partial charge < -0.3 is 9.47 Å².